The predicted molar refractivity (Wildman–Crippen MR) is 65.7 cm³/mol. The van der Waals surface area contributed by atoms with Crippen molar-refractivity contribution in [1.29, 1.82) is 0 Å². The average molecular weight is 237 g/mol. The number of ether oxygens (including phenoxy) is 1. The number of halogens is 1. The summed E-state index contributed by atoms with van der Waals surface area (Å²) < 4.78 is 5.82. The molecule has 2 aliphatic rings. The first-order valence-electron chi connectivity index (χ1n) is 6.21. The summed E-state index contributed by atoms with van der Waals surface area (Å²) in [5.41, 5.74) is 1.37. The van der Waals surface area contributed by atoms with Gasteiger partial charge in [-0.2, -0.15) is 0 Å². The third-order valence-electron chi connectivity index (χ3n) is 4.05. The van der Waals surface area contributed by atoms with Gasteiger partial charge < -0.3 is 4.74 Å². The molecule has 1 saturated heterocycles. The molecule has 0 aromatic heterocycles. The van der Waals surface area contributed by atoms with Crippen LogP contribution in [0.1, 0.15) is 37.7 Å². The van der Waals surface area contributed by atoms with E-state index in [1.807, 2.05) is 12.1 Å². The molecule has 0 N–H and O–H groups in total. The molecule has 1 aliphatic heterocycles. The standard InChI is InChI=1S/C14H17ClO/c15-13-8-6-12(7-9-13)14(10-16-14)11-4-2-1-3-5-11/h6-9,11H,1-5,10H2. The Morgan fingerprint density at radius 2 is 1.69 bits per heavy atom. The van der Waals surface area contributed by atoms with E-state index < -0.39 is 0 Å². The van der Waals surface area contributed by atoms with Gasteiger partial charge in [0, 0.05) is 5.02 Å². The molecule has 0 radical (unpaired) electrons. The molecule has 0 amide bonds. The summed E-state index contributed by atoms with van der Waals surface area (Å²) in [6.07, 6.45) is 6.77. The van der Waals surface area contributed by atoms with Crippen LogP contribution in [-0.2, 0) is 10.3 Å². The Labute approximate surface area is 102 Å². The van der Waals surface area contributed by atoms with Gasteiger partial charge in [0.05, 0.1) is 6.61 Å². The minimum Gasteiger partial charge on any atom is -0.364 e. The van der Waals surface area contributed by atoms with E-state index in [9.17, 15) is 0 Å². The van der Waals surface area contributed by atoms with Crippen LogP contribution in [0.15, 0.2) is 24.3 Å². The number of benzene rings is 1. The molecule has 1 heterocycles. The van der Waals surface area contributed by atoms with E-state index in [0.29, 0.717) is 0 Å². The van der Waals surface area contributed by atoms with E-state index in [2.05, 4.69) is 12.1 Å². The van der Waals surface area contributed by atoms with Crippen LogP contribution in [0.4, 0.5) is 0 Å². The molecule has 0 spiro atoms. The second-order valence-electron chi connectivity index (χ2n) is 5.02. The fourth-order valence-electron chi connectivity index (χ4n) is 3.02. The van der Waals surface area contributed by atoms with Crippen molar-refractivity contribution in [2.24, 2.45) is 5.92 Å². The molecule has 2 fully saturated rings. The van der Waals surface area contributed by atoms with Crippen molar-refractivity contribution in [2.75, 3.05) is 6.61 Å². The van der Waals surface area contributed by atoms with Crippen LogP contribution in [0, 0.1) is 5.92 Å². The molecule has 1 aliphatic carbocycles. The molecule has 1 aromatic carbocycles. The molecule has 1 aromatic rings. The first-order chi connectivity index (χ1) is 7.81. The van der Waals surface area contributed by atoms with Gasteiger partial charge >= 0.3 is 0 Å². The largest absolute Gasteiger partial charge is 0.364 e. The van der Waals surface area contributed by atoms with Crippen LogP contribution < -0.4 is 0 Å². The average Bonchev–Trinajstić information content (AvgIpc) is 3.13. The van der Waals surface area contributed by atoms with E-state index in [4.69, 9.17) is 16.3 Å². The highest BCUT2D eigenvalue weighted by molar-refractivity contribution is 6.30. The van der Waals surface area contributed by atoms with E-state index >= 15 is 0 Å². The molecule has 2 heteroatoms. The van der Waals surface area contributed by atoms with Crippen molar-refractivity contribution in [1.82, 2.24) is 0 Å². The Kier molecular flexibility index (Phi) is 2.68. The fraction of sp³-hybridized carbons (Fsp3) is 0.571. The van der Waals surface area contributed by atoms with Gasteiger partial charge in [-0.05, 0) is 36.5 Å². The van der Waals surface area contributed by atoms with Gasteiger partial charge in [-0.1, -0.05) is 43.0 Å². The van der Waals surface area contributed by atoms with Gasteiger partial charge in [0.15, 0.2) is 0 Å². The van der Waals surface area contributed by atoms with Crippen LogP contribution in [0.2, 0.25) is 5.02 Å². The maximum Gasteiger partial charge on any atom is 0.119 e. The molecule has 1 nitrogen and oxygen atoms in total. The Bertz CT molecular complexity index is 361. The monoisotopic (exact) mass is 236 g/mol. The molecule has 16 heavy (non-hydrogen) atoms. The lowest BCUT2D eigenvalue weighted by Crippen LogP contribution is -2.24. The Hall–Kier alpha value is -0.530. The van der Waals surface area contributed by atoms with Crippen molar-refractivity contribution in [2.45, 2.75) is 37.7 Å². The molecule has 3 rings (SSSR count). The normalized spacial score (nSPS) is 30.3. The van der Waals surface area contributed by atoms with E-state index in [-0.39, 0.29) is 5.60 Å². The van der Waals surface area contributed by atoms with E-state index in [0.717, 1.165) is 17.5 Å². The van der Waals surface area contributed by atoms with Crippen molar-refractivity contribution in [3.05, 3.63) is 34.9 Å². The summed E-state index contributed by atoms with van der Waals surface area (Å²) in [5, 5.41) is 0.809. The number of rotatable bonds is 2. The summed E-state index contributed by atoms with van der Waals surface area (Å²) in [4.78, 5) is 0. The highest BCUT2D eigenvalue weighted by Crippen LogP contribution is 2.50. The summed E-state index contributed by atoms with van der Waals surface area (Å²) in [6, 6.07) is 8.21. The summed E-state index contributed by atoms with van der Waals surface area (Å²) in [7, 11) is 0. The Balaban J connectivity index is 1.84. The molecule has 86 valence electrons. The lowest BCUT2D eigenvalue weighted by molar-refractivity contribution is 0.174. The number of hydrogen-bond acceptors (Lipinski definition) is 1. The van der Waals surface area contributed by atoms with Gasteiger partial charge in [0.25, 0.3) is 0 Å². The third-order valence-corrected chi connectivity index (χ3v) is 4.30. The van der Waals surface area contributed by atoms with Crippen LogP contribution in [0.3, 0.4) is 0 Å². The second-order valence-corrected chi connectivity index (χ2v) is 5.46. The van der Waals surface area contributed by atoms with Crippen LogP contribution in [-0.4, -0.2) is 6.61 Å². The lowest BCUT2D eigenvalue weighted by atomic mass is 9.77. The Morgan fingerprint density at radius 3 is 2.25 bits per heavy atom. The topological polar surface area (TPSA) is 12.5 Å². The van der Waals surface area contributed by atoms with Crippen molar-refractivity contribution < 1.29 is 4.74 Å². The molecule has 1 saturated carbocycles. The zero-order chi connectivity index (χ0) is 11.0. The minimum atomic E-state index is 0.0466. The quantitative estimate of drug-likeness (QED) is 0.703. The highest BCUT2D eigenvalue weighted by atomic mass is 35.5. The first kappa shape index (κ1) is 10.6. The molecular formula is C14H17ClO. The number of epoxide rings is 1. The molecular weight excluding hydrogens is 220 g/mol. The smallest absolute Gasteiger partial charge is 0.119 e. The first-order valence-corrected chi connectivity index (χ1v) is 6.59. The summed E-state index contributed by atoms with van der Waals surface area (Å²) in [6.45, 7) is 0.902. The van der Waals surface area contributed by atoms with Gasteiger partial charge in [-0.25, -0.2) is 0 Å². The zero-order valence-electron chi connectivity index (χ0n) is 9.42. The SMILES string of the molecule is Clc1ccc(C2(C3CCCCC3)CO2)cc1. The lowest BCUT2D eigenvalue weighted by Gasteiger charge is -2.28. The van der Waals surface area contributed by atoms with Gasteiger partial charge in [0.1, 0.15) is 5.60 Å². The van der Waals surface area contributed by atoms with Crippen molar-refractivity contribution in [3.63, 3.8) is 0 Å². The fourth-order valence-corrected chi connectivity index (χ4v) is 3.14. The van der Waals surface area contributed by atoms with Crippen molar-refractivity contribution in [3.8, 4) is 0 Å². The van der Waals surface area contributed by atoms with Crippen LogP contribution >= 0.6 is 11.6 Å². The molecule has 0 bridgehead atoms. The van der Waals surface area contributed by atoms with Crippen LogP contribution in [0.25, 0.3) is 0 Å². The van der Waals surface area contributed by atoms with Gasteiger partial charge in [0.2, 0.25) is 0 Å². The molecule has 1 atom stereocenters. The summed E-state index contributed by atoms with van der Waals surface area (Å²) >= 11 is 5.93. The van der Waals surface area contributed by atoms with Gasteiger partial charge in [-0.15, -0.1) is 0 Å². The predicted octanol–water partition coefficient (Wildman–Crippen LogP) is 4.15. The highest BCUT2D eigenvalue weighted by Gasteiger charge is 2.52. The zero-order valence-corrected chi connectivity index (χ0v) is 10.2. The Morgan fingerprint density at radius 1 is 1.06 bits per heavy atom. The molecule has 1 unspecified atom stereocenters. The van der Waals surface area contributed by atoms with E-state index in [1.165, 1.54) is 37.7 Å². The second kappa shape index (κ2) is 4.05. The number of hydrogen-bond donors (Lipinski definition) is 0. The van der Waals surface area contributed by atoms with E-state index in [1.54, 1.807) is 0 Å². The minimum absolute atomic E-state index is 0.0466. The van der Waals surface area contributed by atoms with Crippen LogP contribution in [0.5, 0.6) is 0 Å². The van der Waals surface area contributed by atoms with Gasteiger partial charge in [-0.3, -0.25) is 0 Å². The third kappa shape index (κ3) is 1.76. The maximum absolute atomic E-state index is 5.93. The summed E-state index contributed by atoms with van der Waals surface area (Å²) in [5.74, 6) is 0.724. The maximum atomic E-state index is 5.93. The van der Waals surface area contributed by atoms with Crippen molar-refractivity contribution >= 4 is 11.6 Å².